The van der Waals surface area contributed by atoms with Crippen molar-refractivity contribution in [2.75, 3.05) is 20.2 Å². The first-order valence-electron chi connectivity index (χ1n) is 7.95. The second-order valence-corrected chi connectivity index (χ2v) is 7.22. The molecule has 0 spiro atoms. The first-order valence-corrected chi connectivity index (χ1v) is 8.83. The highest BCUT2D eigenvalue weighted by Gasteiger charge is 2.26. The monoisotopic (exact) mass is 368 g/mol. The molecule has 24 heavy (non-hydrogen) atoms. The summed E-state index contributed by atoms with van der Waals surface area (Å²) in [5.41, 5.74) is 7.33. The van der Waals surface area contributed by atoms with E-state index in [2.05, 4.69) is 35.4 Å². The van der Waals surface area contributed by atoms with Gasteiger partial charge < -0.3 is 15.2 Å². The van der Waals surface area contributed by atoms with Crippen molar-refractivity contribution in [3.05, 3.63) is 46.2 Å². The number of ether oxygens (including phenoxy) is 2. The molecule has 6 heteroatoms. The van der Waals surface area contributed by atoms with E-state index in [-0.39, 0.29) is 18.4 Å². The summed E-state index contributed by atoms with van der Waals surface area (Å²) < 4.78 is 11.4. The SMILES string of the molecule is COc1cc(CN2CC(C)C(N)C2)ccc1OCc1cccs1.Cl. The van der Waals surface area contributed by atoms with Crippen LogP contribution in [0, 0.1) is 5.92 Å². The highest BCUT2D eigenvalue weighted by molar-refractivity contribution is 7.09. The molecule has 2 unspecified atom stereocenters. The van der Waals surface area contributed by atoms with Crippen molar-refractivity contribution in [1.29, 1.82) is 0 Å². The average molecular weight is 369 g/mol. The highest BCUT2D eigenvalue weighted by atomic mass is 35.5. The minimum Gasteiger partial charge on any atom is -0.493 e. The Hall–Kier alpha value is -1.27. The van der Waals surface area contributed by atoms with Crippen molar-refractivity contribution >= 4 is 23.7 Å². The van der Waals surface area contributed by atoms with Gasteiger partial charge in [0.1, 0.15) is 6.61 Å². The Labute approximate surface area is 154 Å². The fraction of sp³-hybridized carbons (Fsp3) is 0.444. The summed E-state index contributed by atoms with van der Waals surface area (Å²) in [5.74, 6) is 2.14. The van der Waals surface area contributed by atoms with Crippen molar-refractivity contribution in [2.24, 2.45) is 11.7 Å². The summed E-state index contributed by atoms with van der Waals surface area (Å²) in [4.78, 5) is 3.60. The Morgan fingerprint density at radius 1 is 1.25 bits per heavy atom. The molecule has 1 aromatic heterocycles. The molecule has 1 aliphatic rings. The quantitative estimate of drug-likeness (QED) is 0.847. The molecule has 1 aromatic carbocycles. The molecule has 2 N–H and O–H groups in total. The number of nitrogens with two attached hydrogens (primary N) is 1. The smallest absolute Gasteiger partial charge is 0.161 e. The summed E-state index contributed by atoms with van der Waals surface area (Å²) >= 11 is 1.70. The van der Waals surface area contributed by atoms with Gasteiger partial charge in [0.05, 0.1) is 7.11 Å². The van der Waals surface area contributed by atoms with Crippen molar-refractivity contribution in [1.82, 2.24) is 4.90 Å². The molecule has 132 valence electrons. The molecule has 0 amide bonds. The summed E-state index contributed by atoms with van der Waals surface area (Å²) in [6.45, 7) is 5.71. The van der Waals surface area contributed by atoms with Gasteiger partial charge in [0.2, 0.25) is 0 Å². The van der Waals surface area contributed by atoms with Gasteiger partial charge in [-0.1, -0.05) is 19.1 Å². The van der Waals surface area contributed by atoms with E-state index < -0.39 is 0 Å². The lowest BCUT2D eigenvalue weighted by molar-refractivity contribution is 0.285. The van der Waals surface area contributed by atoms with Crippen LogP contribution in [0.15, 0.2) is 35.7 Å². The number of hydrogen-bond donors (Lipinski definition) is 1. The van der Waals surface area contributed by atoms with Crippen LogP contribution in [0.2, 0.25) is 0 Å². The Morgan fingerprint density at radius 2 is 2.08 bits per heavy atom. The number of benzene rings is 1. The van der Waals surface area contributed by atoms with Gasteiger partial charge in [-0.3, -0.25) is 4.90 Å². The zero-order valence-corrected chi connectivity index (χ0v) is 15.7. The minimum absolute atomic E-state index is 0. The third-order valence-electron chi connectivity index (χ3n) is 4.33. The largest absolute Gasteiger partial charge is 0.493 e. The summed E-state index contributed by atoms with van der Waals surface area (Å²) in [6, 6.07) is 10.6. The summed E-state index contributed by atoms with van der Waals surface area (Å²) in [5, 5.41) is 2.06. The first kappa shape index (κ1) is 19.1. The molecule has 2 aromatic rings. The molecular weight excluding hydrogens is 344 g/mol. The maximum atomic E-state index is 6.10. The minimum atomic E-state index is 0. The van der Waals surface area contributed by atoms with Crippen LogP contribution in [0.3, 0.4) is 0 Å². The van der Waals surface area contributed by atoms with Crippen LogP contribution in [0.1, 0.15) is 17.4 Å². The van der Waals surface area contributed by atoms with Crippen molar-refractivity contribution in [3.63, 3.8) is 0 Å². The molecule has 3 rings (SSSR count). The van der Waals surface area contributed by atoms with Crippen molar-refractivity contribution < 1.29 is 9.47 Å². The van der Waals surface area contributed by atoms with E-state index in [1.165, 1.54) is 10.4 Å². The van der Waals surface area contributed by atoms with E-state index in [4.69, 9.17) is 15.2 Å². The highest BCUT2D eigenvalue weighted by Crippen LogP contribution is 2.30. The number of hydrogen-bond acceptors (Lipinski definition) is 5. The topological polar surface area (TPSA) is 47.7 Å². The van der Waals surface area contributed by atoms with Gasteiger partial charge in [-0.05, 0) is 35.1 Å². The second-order valence-electron chi connectivity index (χ2n) is 6.19. The molecular formula is C18H25ClN2O2S. The van der Waals surface area contributed by atoms with Crippen LogP contribution in [0.4, 0.5) is 0 Å². The van der Waals surface area contributed by atoms with E-state index in [0.717, 1.165) is 31.1 Å². The molecule has 2 atom stereocenters. The number of thiophene rings is 1. The third-order valence-corrected chi connectivity index (χ3v) is 5.18. The second kappa shape index (κ2) is 8.72. The lowest BCUT2D eigenvalue weighted by Gasteiger charge is -2.17. The Morgan fingerprint density at radius 3 is 2.71 bits per heavy atom. The van der Waals surface area contributed by atoms with Gasteiger partial charge in [-0.2, -0.15) is 0 Å². The average Bonchev–Trinajstić information content (AvgIpc) is 3.16. The Kier molecular flexibility index (Phi) is 6.92. The fourth-order valence-corrected chi connectivity index (χ4v) is 3.57. The molecule has 2 heterocycles. The zero-order chi connectivity index (χ0) is 16.2. The first-order chi connectivity index (χ1) is 11.2. The van der Waals surface area contributed by atoms with E-state index >= 15 is 0 Å². The number of methoxy groups -OCH3 is 1. The maximum Gasteiger partial charge on any atom is 0.161 e. The predicted octanol–water partition coefficient (Wildman–Crippen LogP) is 3.54. The number of halogens is 1. The molecule has 0 aliphatic carbocycles. The summed E-state index contributed by atoms with van der Waals surface area (Å²) in [7, 11) is 1.69. The third kappa shape index (κ3) is 4.63. The van der Waals surface area contributed by atoms with E-state index in [1.54, 1.807) is 18.4 Å². The van der Waals surface area contributed by atoms with Crippen LogP contribution in [-0.4, -0.2) is 31.1 Å². The van der Waals surface area contributed by atoms with Crippen LogP contribution < -0.4 is 15.2 Å². The molecule has 1 saturated heterocycles. The van der Waals surface area contributed by atoms with E-state index in [9.17, 15) is 0 Å². The van der Waals surface area contributed by atoms with Gasteiger partial charge in [0, 0.05) is 30.6 Å². The normalized spacial score (nSPS) is 20.6. The number of nitrogens with zero attached hydrogens (tertiary/aromatic N) is 1. The lowest BCUT2D eigenvalue weighted by atomic mass is 10.1. The van der Waals surface area contributed by atoms with Gasteiger partial charge in [-0.25, -0.2) is 0 Å². The van der Waals surface area contributed by atoms with Gasteiger partial charge in [0.15, 0.2) is 11.5 Å². The van der Waals surface area contributed by atoms with Gasteiger partial charge in [-0.15, -0.1) is 23.7 Å². The van der Waals surface area contributed by atoms with E-state index in [1.807, 2.05) is 12.1 Å². The fourth-order valence-electron chi connectivity index (χ4n) is 2.96. The van der Waals surface area contributed by atoms with Crippen LogP contribution in [0.5, 0.6) is 11.5 Å². The molecule has 0 bridgehead atoms. The molecule has 1 aliphatic heterocycles. The lowest BCUT2D eigenvalue weighted by Crippen LogP contribution is -2.28. The number of rotatable bonds is 6. The molecule has 4 nitrogen and oxygen atoms in total. The molecule has 0 radical (unpaired) electrons. The molecule has 0 saturated carbocycles. The maximum absolute atomic E-state index is 6.10. The zero-order valence-electron chi connectivity index (χ0n) is 14.1. The Bertz CT molecular complexity index is 626. The summed E-state index contributed by atoms with van der Waals surface area (Å²) in [6.07, 6.45) is 0. The standard InChI is InChI=1S/C18H24N2O2S.ClH/c1-13-9-20(11-16(13)19)10-14-5-6-17(18(8-14)21-2)22-12-15-4-3-7-23-15;/h3-8,13,16H,9-12,19H2,1-2H3;1H. The van der Waals surface area contributed by atoms with E-state index in [0.29, 0.717) is 12.5 Å². The predicted molar refractivity (Wildman–Crippen MR) is 101 cm³/mol. The Balaban J connectivity index is 0.00000208. The van der Waals surface area contributed by atoms with Crippen LogP contribution in [0.25, 0.3) is 0 Å². The van der Waals surface area contributed by atoms with Crippen LogP contribution >= 0.6 is 23.7 Å². The van der Waals surface area contributed by atoms with Crippen LogP contribution in [-0.2, 0) is 13.2 Å². The number of likely N-dealkylation sites (tertiary alicyclic amines) is 1. The van der Waals surface area contributed by atoms with Crippen molar-refractivity contribution in [3.8, 4) is 11.5 Å². The van der Waals surface area contributed by atoms with Gasteiger partial charge in [0.25, 0.3) is 0 Å². The molecule has 1 fully saturated rings. The van der Waals surface area contributed by atoms with Gasteiger partial charge >= 0.3 is 0 Å². The van der Waals surface area contributed by atoms with Crippen molar-refractivity contribution in [2.45, 2.75) is 26.1 Å².